The van der Waals surface area contributed by atoms with E-state index in [0.29, 0.717) is 11.8 Å². The molecular formula is C19H27N3O3. The van der Waals surface area contributed by atoms with Gasteiger partial charge in [0.15, 0.2) is 0 Å². The Morgan fingerprint density at radius 3 is 2.64 bits per heavy atom. The Labute approximate surface area is 148 Å². The molecule has 1 saturated heterocycles. The molecule has 0 amide bonds. The molecule has 136 valence electrons. The fourth-order valence-corrected chi connectivity index (χ4v) is 3.46. The maximum absolute atomic E-state index is 5.66. The van der Waals surface area contributed by atoms with E-state index in [2.05, 4.69) is 40.6 Å². The molecule has 1 N–H and O–H groups in total. The number of methoxy groups -OCH3 is 1. The molecule has 1 aliphatic rings. The third kappa shape index (κ3) is 3.85. The number of nitrogens with zero attached hydrogens (tertiary/aromatic N) is 2. The van der Waals surface area contributed by atoms with Gasteiger partial charge in [0, 0.05) is 37.7 Å². The van der Waals surface area contributed by atoms with Crippen molar-refractivity contribution in [2.75, 3.05) is 26.9 Å². The summed E-state index contributed by atoms with van der Waals surface area (Å²) < 4.78 is 16.9. The average molecular weight is 345 g/mol. The first kappa shape index (κ1) is 17.9. The van der Waals surface area contributed by atoms with Crippen molar-refractivity contribution in [1.82, 2.24) is 15.5 Å². The topological polar surface area (TPSA) is 69.4 Å². The summed E-state index contributed by atoms with van der Waals surface area (Å²) in [6.07, 6.45) is 1.91. The van der Waals surface area contributed by atoms with Crippen molar-refractivity contribution < 1.29 is 13.9 Å². The molecule has 25 heavy (non-hydrogen) atoms. The van der Waals surface area contributed by atoms with Gasteiger partial charge in [-0.2, -0.15) is 0 Å². The van der Waals surface area contributed by atoms with Crippen molar-refractivity contribution in [2.45, 2.75) is 45.1 Å². The Morgan fingerprint density at radius 2 is 2.00 bits per heavy atom. The lowest BCUT2D eigenvalue weighted by atomic mass is 9.73. The quantitative estimate of drug-likeness (QED) is 0.867. The number of nitrogens with one attached hydrogen (secondary N) is 1. The van der Waals surface area contributed by atoms with Gasteiger partial charge in [-0.15, -0.1) is 10.2 Å². The second kappa shape index (κ2) is 7.54. The van der Waals surface area contributed by atoms with Crippen molar-refractivity contribution >= 4 is 0 Å². The van der Waals surface area contributed by atoms with E-state index in [-0.39, 0.29) is 11.5 Å². The van der Waals surface area contributed by atoms with Crippen LogP contribution in [0.1, 0.15) is 48.7 Å². The SMILES string of the molecule is COc1ccc(C)cc1C1(CN[C@@H](C)c2nnc(C)o2)CCOCC1. The summed E-state index contributed by atoms with van der Waals surface area (Å²) in [6, 6.07) is 6.39. The number of rotatable bonds is 6. The number of benzene rings is 1. The van der Waals surface area contributed by atoms with Crippen LogP contribution < -0.4 is 10.1 Å². The highest BCUT2D eigenvalue weighted by molar-refractivity contribution is 5.43. The molecule has 0 saturated carbocycles. The van der Waals surface area contributed by atoms with E-state index in [1.165, 1.54) is 11.1 Å². The summed E-state index contributed by atoms with van der Waals surface area (Å²) in [5.74, 6) is 2.15. The van der Waals surface area contributed by atoms with Gasteiger partial charge in [0.05, 0.1) is 13.2 Å². The second-order valence-corrected chi connectivity index (χ2v) is 6.86. The average Bonchev–Trinajstić information content (AvgIpc) is 3.07. The minimum atomic E-state index is -0.0288. The molecule has 0 bridgehead atoms. The first-order valence-electron chi connectivity index (χ1n) is 8.80. The Kier molecular flexibility index (Phi) is 5.39. The molecule has 1 aromatic carbocycles. The van der Waals surface area contributed by atoms with E-state index >= 15 is 0 Å². The number of aryl methyl sites for hydroxylation is 2. The van der Waals surface area contributed by atoms with Gasteiger partial charge in [-0.05, 0) is 32.8 Å². The van der Waals surface area contributed by atoms with Crippen LogP contribution in [-0.2, 0) is 10.2 Å². The second-order valence-electron chi connectivity index (χ2n) is 6.86. The fraction of sp³-hybridized carbons (Fsp3) is 0.579. The molecule has 0 radical (unpaired) electrons. The van der Waals surface area contributed by atoms with E-state index in [1.54, 1.807) is 14.0 Å². The Balaban J connectivity index is 1.85. The standard InChI is InChI=1S/C19H27N3O3/c1-13-5-6-17(23-4)16(11-13)19(7-9-24-10-8-19)12-20-14(2)18-22-21-15(3)25-18/h5-6,11,14,20H,7-10,12H2,1-4H3/t14-/m0/s1. The summed E-state index contributed by atoms with van der Waals surface area (Å²) in [6.45, 7) is 8.29. The lowest BCUT2D eigenvalue weighted by Gasteiger charge is -2.39. The van der Waals surface area contributed by atoms with E-state index in [1.807, 2.05) is 6.92 Å². The van der Waals surface area contributed by atoms with E-state index < -0.39 is 0 Å². The Hall–Kier alpha value is -1.92. The molecule has 0 aliphatic carbocycles. The Morgan fingerprint density at radius 1 is 1.24 bits per heavy atom. The predicted octanol–water partition coefficient (Wildman–Crippen LogP) is 3.09. The molecule has 1 atom stereocenters. The van der Waals surface area contributed by atoms with Gasteiger partial charge in [0.1, 0.15) is 5.75 Å². The van der Waals surface area contributed by atoms with Gasteiger partial charge in [-0.3, -0.25) is 0 Å². The van der Waals surface area contributed by atoms with Crippen LogP contribution in [0.15, 0.2) is 22.6 Å². The van der Waals surface area contributed by atoms with Crippen molar-refractivity contribution in [3.05, 3.63) is 41.1 Å². The van der Waals surface area contributed by atoms with Crippen LogP contribution in [0.4, 0.5) is 0 Å². The van der Waals surface area contributed by atoms with Crippen LogP contribution in [0.3, 0.4) is 0 Å². The molecule has 3 rings (SSSR count). The zero-order valence-electron chi connectivity index (χ0n) is 15.5. The predicted molar refractivity (Wildman–Crippen MR) is 94.9 cm³/mol. The van der Waals surface area contributed by atoms with Gasteiger partial charge in [-0.25, -0.2) is 0 Å². The maximum atomic E-state index is 5.66. The first-order valence-corrected chi connectivity index (χ1v) is 8.80. The van der Waals surface area contributed by atoms with Gasteiger partial charge in [0.2, 0.25) is 11.8 Å². The molecule has 2 heterocycles. The summed E-state index contributed by atoms with van der Waals surface area (Å²) in [4.78, 5) is 0. The van der Waals surface area contributed by atoms with Crippen molar-refractivity contribution in [3.8, 4) is 5.75 Å². The zero-order chi connectivity index (χ0) is 17.9. The maximum Gasteiger partial charge on any atom is 0.233 e. The highest BCUT2D eigenvalue weighted by atomic mass is 16.5. The summed E-state index contributed by atoms with van der Waals surface area (Å²) in [5.41, 5.74) is 2.46. The van der Waals surface area contributed by atoms with Gasteiger partial charge in [0.25, 0.3) is 0 Å². The summed E-state index contributed by atoms with van der Waals surface area (Å²) in [5, 5.41) is 11.6. The molecule has 1 fully saturated rings. The van der Waals surface area contributed by atoms with Crippen LogP contribution in [0.2, 0.25) is 0 Å². The fourth-order valence-electron chi connectivity index (χ4n) is 3.46. The van der Waals surface area contributed by atoms with Crippen molar-refractivity contribution in [2.24, 2.45) is 0 Å². The third-order valence-electron chi connectivity index (χ3n) is 5.03. The van der Waals surface area contributed by atoms with Crippen LogP contribution >= 0.6 is 0 Å². The molecule has 0 unspecified atom stereocenters. The molecule has 0 spiro atoms. The van der Waals surface area contributed by atoms with Crippen LogP contribution in [-0.4, -0.2) is 37.1 Å². The van der Waals surface area contributed by atoms with Crippen molar-refractivity contribution in [1.29, 1.82) is 0 Å². The van der Waals surface area contributed by atoms with E-state index in [0.717, 1.165) is 38.3 Å². The summed E-state index contributed by atoms with van der Waals surface area (Å²) in [7, 11) is 1.73. The minimum absolute atomic E-state index is 0.00303. The normalized spacial score (nSPS) is 18.1. The summed E-state index contributed by atoms with van der Waals surface area (Å²) >= 11 is 0. The van der Waals surface area contributed by atoms with Crippen molar-refractivity contribution in [3.63, 3.8) is 0 Å². The van der Waals surface area contributed by atoms with Gasteiger partial charge >= 0.3 is 0 Å². The van der Waals surface area contributed by atoms with Gasteiger partial charge < -0.3 is 19.2 Å². The number of hydrogen-bond acceptors (Lipinski definition) is 6. The van der Waals surface area contributed by atoms with Gasteiger partial charge in [-0.1, -0.05) is 17.7 Å². The Bertz CT molecular complexity index is 708. The monoisotopic (exact) mass is 345 g/mol. The molecule has 1 aliphatic heterocycles. The zero-order valence-corrected chi connectivity index (χ0v) is 15.5. The first-order chi connectivity index (χ1) is 12.0. The number of aromatic nitrogens is 2. The molecule has 6 nitrogen and oxygen atoms in total. The van der Waals surface area contributed by atoms with Crippen LogP contribution in [0.5, 0.6) is 5.75 Å². The number of ether oxygens (including phenoxy) is 2. The third-order valence-corrected chi connectivity index (χ3v) is 5.03. The minimum Gasteiger partial charge on any atom is -0.496 e. The van der Waals surface area contributed by atoms with Crippen LogP contribution in [0, 0.1) is 13.8 Å². The van der Waals surface area contributed by atoms with E-state index in [4.69, 9.17) is 13.9 Å². The smallest absolute Gasteiger partial charge is 0.233 e. The lowest BCUT2D eigenvalue weighted by molar-refractivity contribution is 0.0478. The highest BCUT2D eigenvalue weighted by Crippen LogP contribution is 2.40. The van der Waals surface area contributed by atoms with Crippen LogP contribution in [0.25, 0.3) is 0 Å². The number of hydrogen-bond donors (Lipinski definition) is 1. The molecule has 1 aromatic heterocycles. The lowest BCUT2D eigenvalue weighted by Crippen LogP contribution is -2.43. The molecular weight excluding hydrogens is 318 g/mol. The van der Waals surface area contributed by atoms with E-state index in [9.17, 15) is 0 Å². The molecule has 2 aromatic rings. The highest BCUT2D eigenvalue weighted by Gasteiger charge is 2.37. The largest absolute Gasteiger partial charge is 0.496 e. The molecule has 6 heteroatoms.